The number of halogens is 3. The van der Waals surface area contributed by atoms with E-state index >= 15 is 0 Å². The number of nitrogens with zero attached hydrogens (tertiary/aromatic N) is 1. The molecule has 5 heteroatoms. The van der Waals surface area contributed by atoms with Crippen molar-refractivity contribution in [3.05, 3.63) is 64.1 Å². The number of nitriles is 1. The van der Waals surface area contributed by atoms with Gasteiger partial charge in [0, 0.05) is 5.69 Å². The summed E-state index contributed by atoms with van der Waals surface area (Å²) in [6, 6.07) is 11.5. The van der Waals surface area contributed by atoms with E-state index < -0.39 is 11.9 Å². The Bertz CT molecular complexity index is 638. The van der Waals surface area contributed by atoms with Crippen LogP contribution in [0.3, 0.4) is 0 Å². The molecule has 0 fully saturated rings. The van der Waals surface area contributed by atoms with Gasteiger partial charge in [-0.2, -0.15) is 5.26 Å². The minimum Gasteiger partial charge on any atom is -0.366 e. The van der Waals surface area contributed by atoms with Crippen molar-refractivity contribution in [2.75, 3.05) is 5.32 Å². The molecule has 2 aromatic rings. The van der Waals surface area contributed by atoms with E-state index in [1.54, 1.807) is 12.1 Å². The summed E-state index contributed by atoms with van der Waals surface area (Å²) < 4.78 is 26.5. The highest BCUT2D eigenvalue weighted by Gasteiger charge is 2.12. The third kappa shape index (κ3) is 3.30. The lowest BCUT2D eigenvalue weighted by atomic mass is 10.1. The maximum absolute atomic E-state index is 13.1. The lowest BCUT2D eigenvalue weighted by Crippen LogP contribution is -2.08. The molecule has 2 nitrogen and oxygen atoms in total. The molecule has 0 radical (unpaired) electrons. The van der Waals surface area contributed by atoms with Gasteiger partial charge in [-0.05, 0) is 51.8 Å². The molecular weight excluding hydrogens is 314 g/mol. The fourth-order valence-corrected chi connectivity index (χ4v) is 2.02. The summed E-state index contributed by atoms with van der Waals surface area (Å²) in [7, 11) is 0. The number of benzene rings is 2. The van der Waals surface area contributed by atoms with Crippen molar-refractivity contribution in [2.24, 2.45) is 0 Å². The highest BCUT2D eigenvalue weighted by Crippen LogP contribution is 2.24. The minimum atomic E-state index is -0.682. The monoisotopic (exact) mass is 322 g/mol. The summed E-state index contributed by atoms with van der Waals surface area (Å²) >= 11 is 3.07. The Balaban J connectivity index is 2.25. The average molecular weight is 323 g/mol. The molecule has 0 amide bonds. The number of rotatable bonds is 3. The predicted octanol–water partition coefficient (Wildman–Crippen LogP) is 4.40. The van der Waals surface area contributed by atoms with Gasteiger partial charge in [0.1, 0.15) is 17.7 Å². The molecule has 0 aliphatic rings. The summed E-state index contributed by atoms with van der Waals surface area (Å²) in [6.07, 6.45) is 0. The van der Waals surface area contributed by atoms with Crippen molar-refractivity contribution in [3.63, 3.8) is 0 Å². The fraction of sp³-hybridized carbons (Fsp3) is 0.0714. The normalized spacial score (nSPS) is 11.7. The number of hydrogen-bond donors (Lipinski definition) is 1. The van der Waals surface area contributed by atoms with Gasteiger partial charge in [0.25, 0.3) is 0 Å². The van der Waals surface area contributed by atoms with Gasteiger partial charge in [0.05, 0.1) is 10.5 Å². The van der Waals surface area contributed by atoms with E-state index in [0.29, 0.717) is 11.3 Å². The van der Waals surface area contributed by atoms with Crippen LogP contribution >= 0.6 is 15.9 Å². The second kappa shape index (κ2) is 5.81. The maximum Gasteiger partial charge on any atom is 0.140 e. The van der Waals surface area contributed by atoms with Gasteiger partial charge < -0.3 is 5.32 Å². The Morgan fingerprint density at radius 1 is 1.16 bits per heavy atom. The number of hydrogen-bond acceptors (Lipinski definition) is 2. The molecule has 1 atom stereocenters. The fourth-order valence-electron chi connectivity index (χ4n) is 1.63. The van der Waals surface area contributed by atoms with Gasteiger partial charge in [0.2, 0.25) is 0 Å². The quantitative estimate of drug-likeness (QED) is 0.908. The zero-order chi connectivity index (χ0) is 13.8. The molecule has 2 rings (SSSR count). The van der Waals surface area contributed by atoms with Crippen LogP contribution in [-0.4, -0.2) is 0 Å². The molecule has 19 heavy (non-hydrogen) atoms. The molecule has 0 aromatic heterocycles. The SMILES string of the molecule is N#CC(Nc1cccc(F)c1)c1ccc(F)c(Br)c1. The van der Waals surface area contributed by atoms with Crippen molar-refractivity contribution in [3.8, 4) is 6.07 Å². The molecule has 1 unspecified atom stereocenters. The zero-order valence-corrected chi connectivity index (χ0v) is 11.3. The summed E-state index contributed by atoms with van der Waals surface area (Å²) in [4.78, 5) is 0. The first-order valence-corrected chi connectivity index (χ1v) is 6.26. The summed E-state index contributed by atoms with van der Waals surface area (Å²) in [5.41, 5.74) is 1.09. The minimum absolute atomic E-state index is 0.284. The zero-order valence-electron chi connectivity index (χ0n) is 9.70. The van der Waals surface area contributed by atoms with Crippen LogP contribution in [0, 0.1) is 23.0 Å². The topological polar surface area (TPSA) is 35.8 Å². The lowest BCUT2D eigenvalue weighted by Gasteiger charge is -2.13. The largest absolute Gasteiger partial charge is 0.366 e. The average Bonchev–Trinajstić information content (AvgIpc) is 2.39. The van der Waals surface area contributed by atoms with Crippen molar-refractivity contribution >= 4 is 21.6 Å². The molecule has 0 saturated carbocycles. The maximum atomic E-state index is 13.1. The standard InChI is InChI=1S/C14H9BrF2N2/c15-12-6-9(4-5-13(12)17)14(8-18)19-11-3-1-2-10(16)7-11/h1-7,14,19H. The van der Waals surface area contributed by atoms with E-state index in [0.717, 1.165) is 0 Å². The third-order valence-corrected chi connectivity index (χ3v) is 3.15. The first kappa shape index (κ1) is 13.5. The van der Waals surface area contributed by atoms with E-state index in [-0.39, 0.29) is 10.3 Å². The summed E-state index contributed by atoms with van der Waals surface area (Å²) in [5.74, 6) is -0.784. The Morgan fingerprint density at radius 3 is 2.58 bits per heavy atom. The molecule has 0 bridgehead atoms. The van der Waals surface area contributed by atoms with Crippen LogP contribution in [0.1, 0.15) is 11.6 Å². The van der Waals surface area contributed by atoms with Gasteiger partial charge in [0.15, 0.2) is 0 Å². The predicted molar refractivity (Wildman–Crippen MR) is 72.5 cm³/mol. The van der Waals surface area contributed by atoms with Crippen molar-refractivity contribution < 1.29 is 8.78 Å². The van der Waals surface area contributed by atoms with Crippen LogP contribution in [0.25, 0.3) is 0 Å². The molecule has 2 aromatic carbocycles. The molecule has 0 aliphatic carbocycles. The van der Waals surface area contributed by atoms with Crippen LogP contribution in [0.2, 0.25) is 0 Å². The molecule has 0 aliphatic heterocycles. The van der Waals surface area contributed by atoms with E-state index in [1.165, 1.54) is 30.3 Å². The molecule has 1 N–H and O–H groups in total. The van der Waals surface area contributed by atoms with Gasteiger partial charge in [-0.3, -0.25) is 0 Å². The summed E-state index contributed by atoms with van der Waals surface area (Å²) in [5, 5.41) is 12.0. The highest BCUT2D eigenvalue weighted by atomic mass is 79.9. The van der Waals surface area contributed by atoms with E-state index in [9.17, 15) is 8.78 Å². The second-order valence-corrected chi connectivity index (χ2v) is 4.74. The first-order valence-electron chi connectivity index (χ1n) is 5.47. The van der Waals surface area contributed by atoms with Crippen molar-refractivity contribution in [1.29, 1.82) is 5.26 Å². The molecule has 96 valence electrons. The van der Waals surface area contributed by atoms with Crippen LogP contribution in [0.4, 0.5) is 14.5 Å². The van der Waals surface area contributed by atoms with Gasteiger partial charge in [-0.25, -0.2) is 8.78 Å². The Labute approximate surface area is 117 Å². The van der Waals surface area contributed by atoms with Gasteiger partial charge >= 0.3 is 0 Å². The molecule has 0 heterocycles. The molecule has 0 saturated heterocycles. The Morgan fingerprint density at radius 2 is 1.95 bits per heavy atom. The van der Waals surface area contributed by atoms with E-state index in [2.05, 4.69) is 27.3 Å². The number of anilines is 1. The van der Waals surface area contributed by atoms with Gasteiger partial charge in [-0.15, -0.1) is 0 Å². The van der Waals surface area contributed by atoms with E-state index in [4.69, 9.17) is 5.26 Å². The van der Waals surface area contributed by atoms with Crippen LogP contribution in [0.15, 0.2) is 46.9 Å². The smallest absolute Gasteiger partial charge is 0.140 e. The molecule has 0 spiro atoms. The van der Waals surface area contributed by atoms with Crippen molar-refractivity contribution in [2.45, 2.75) is 6.04 Å². The van der Waals surface area contributed by atoms with Gasteiger partial charge in [-0.1, -0.05) is 12.1 Å². The number of nitrogens with one attached hydrogen (secondary N) is 1. The van der Waals surface area contributed by atoms with Crippen LogP contribution < -0.4 is 5.32 Å². The first-order chi connectivity index (χ1) is 9.10. The van der Waals surface area contributed by atoms with Crippen molar-refractivity contribution in [1.82, 2.24) is 0 Å². The molecular formula is C14H9BrF2N2. The van der Waals surface area contributed by atoms with E-state index in [1.807, 2.05) is 0 Å². The van der Waals surface area contributed by atoms with Crippen LogP contribution in [0.5, 0.6) is 0 Å². The third-order valence-electron chi connectivity index (χ3n) is 2.54. The Hall–Kier alpha value is -1.93. The lowest BCUT2D eigenvalue weighted by molar-refractivity contribution is 0.620. The Kier molecular flexibility index (Phi) is 4.13. The second-order valence-electron chi connectivity index (χ2n) is 3.89. The summed E-state index contributed by atoms with van der Waals surface area (Å²) in [6.45, 7) is 0. The van der Waals surface area contributed by atoms with Crippen LogP contribution in [-0.2, 0) is 0 Å². The highest BCUT2D eigenvalue weighted by molar-refractivity contribution is 9.10.